The van der Waals surface area contributed by atoms with Crippen LogP contribution in [0.2, 0.25) is 0 Å². The Balaban J connectivity index is 1.43. The molecule has 2 saturated carbocycles. The van der Waals surface area contributed by atoms with Crippen molar-refractivity contribution in [1.29, 1.82) is 0 Å². The monoisotopic (exact) mass is 222 g/mol. The van der Waals surface area contributed by atoms with Gasteiger partial charge in [-0.2, -0.15) is 0 Å². The highest BCUT2D eigenvalue weighted by atomic mass is 15.0. The van der Waals surface area contributed by atoms with Gasteiger partial charge in [-0.15, -0.1) is 0 Å². The summed E-state index contributed by atoms with van der Waals surface area (Å²) < 4.78 is 0. The minimum atomic E-state index is 0.740. The Kier molecular flexibility index (Phi) is 3.21. The number of piperidine rings is 1. The number of hydrogen-bond acceptors (Lipinski definition) is 2. The Labute approximate surface area is 99.6 Å². The van der Waals surface area contributed by atoms with Crippen molar-refractivity contribution in [2.24, 2.45) is 17.8 Å². The lowest BCUT2D eigenvalue weighted by Crippen LogP contribution is -2.47. The van der Waals surface area contributed by atoms with Gasteiger partial charge in [-0.25, -0.2) is 0 Å². The van der Waals surface area contributed by atoms with Gasteiger partial charge in [-0.3, -0.25) is 0 Å². The molecule has 1 heterocycles. The third-order valence-corrected chi connectivity index (χ3v) is 4.62. The van der Waals surface area contributed by atoms with E-state index in [0.717, 1.165) is 29.8 Å². The van der Waals surface area contributed by atoms with E-state index in [-0.39, 0.29) is 0 Å². The van der Waals surface area contributed by atoms with E-state index in [1.165, 1.54) is 51.6 Å². The highest BCUT2D eigenvalue weighted by molar-refractivity contribution is 4.97. The summed E-state index contributed by atoms with van der Waals surface area (Å²) in [6, 6.07) is 1.61. The van der Waals surface area contributed by atoms with Crippen LogP contribution < -0.4 is 10.6 Å². The average Bonchev–Trinajstić information content (AvgIpc) is 3.13. The second-order valence-electron chi connectivity index (χ2n) is 6.39. The van der Waals surface area contributed by atoms with Crippen LogP contribution in [0.1, 0.15) is 45.4 Å². The Bertz CT molecular complexity index is 221. The second-order valence-corrected chi connectivity index (χ2v) is 6.39. The summed E-state index contributed by atoms with van der Waals surface area (Å²) in [4.78, 5) is 0. The minimum absolute atomic E-state index is 0.740. The first-order valence-electron chi connectivity index (χ1n) is 7.29. The van der Waals surface area contributed by atoms with Crippen LogP contribution >= 0.6 is 0 Å². The van der Waals surface area contributed by atoms with Crippen LogP contribution in [-0.2, 0) is 0 Å². The summed E-state index contributed by atoms with van der Waals surface area (Å²) in [6.07, 6.45) is 8.69. The molecule has 2 nitrogen and oxygen atoms in total. The van der Waals surface area contributed by atoms with E-state index in [1.807, 2.05) is 0 Å². The smallest absolute Gasteiger partial charge is 0.0195 e. The molecule has 0 aromatic carbocycles. The van der Waals surface area contributed by atoms with Gasteiger partial charge in [0.15, 0.2) is 0 Å². The predicted octanol–water partition coefficient (Wildman–Crippen LogP) is 2.15. The molecule has 2 atom stereocenters. The summed E-state index contributed by atoms with van der Waals surface area (Å²) >= 11 is 0. The topological polar surface area (TPSA) is 24.1 Å². The molecule has 0 aromatic heterocycles. The molecule has 92 valence electrons. The average molecular weight is 222 g/mol. The highest BCUT2D eigenvalue weighted by Crippen LogP contribution is 2.44. The van der Waals surface area contributed by atoms with Crippen LogP contribution in [0.3, 0.4) is 0 Å². The third kappa shape index (κ3) is 2.78. The molecule has 0 amide bonds. The summed E-state index contributed by atoms with van der Waals surface area (Å²) in [6.45, 7) is 4.83. The molecular weight excluding hydrogens is 196 g/mol. The van der Waals surface area contributed by atoms with Crippen LogP contribution in [0.5, 0.6) is 0 Å². The van der Waals surface area contributed by atoms with Crippen molar-refractivity contribution in [3.63, 3.8) is 0 Å². The lowest BCUT2D eigenvalue weighted by Gasteiger charge is -2.30. The molecule has 3 fully saturated rings. The molecule has 0 radical (unpaired) electrons. The van der Waals surface area contributed by atoms with E-state index in [9.17, 15) is 0 Å². The van der Waals surface area contributed by atoms with Crippen LogP contribution in [0.4, 0.5) is 0 Å². The molecule has 1 aliphatic heterocycles. The molecule has 1 saturated heterocycles. The zero-order chi connectivity index (χ0) is 11.0. The maximum absolute atomic E-state index is 3.87. The normalized spacial score (nSPS) is 35.6. The fourth-order valence-corrected chi connectivity index (χ4v) is 3.28. The first-order chi connectivity index (χ1) is 7.83. The van der Waals surface area contributed by atoms with Crippen LogP contribution in [0, 0.1) is 17.8 Å². The van der Waals surface area contributed by atoms with Gasteiger partial charge in [0.25, 0.3) is 0 Å². The van der Waals surface area contributed by atoms with Crippen LogP contribution in [0.25, 0.3) is 0 Å². The van der Waals surface area contributed by atoms with E-state index in [1.54, 1.807) is 0 Å². The van der Waals surface area contributed by atoms with Crippen molar-refractivity contribution in [2.75, 3.05) is 13.1 Å². The van der Waals surface area contributed by atoms with E-state index in [0.29, 0.717) is 0 Å². The Morgan fingerprint density at radius 2 is 1.81 bits per heavy atom. The fourth-order valence-electron chi connectivity index (χ4n) is 3.28. The molecule has 0 spiro atoms. The zero-order valence-electron chi connectivity index (χ0n) is 10.5. The molecule has 0 bridgehead atoms. The standard InChI is InChI=1S/C14H26N2/c1-10-6-7-15-13(8-10)9-16-14(11-2-3-11)12-4-5-12/h10-16H,2-9H2,1H3. The first kappa shape index (κ1) is 11.0. The maximum Gasteiger partial charge on any atom is 0.0195 e. The van der Waals surface area contributed by atoms with E-state index in [2.05, 4.69) is 17.6 Å². The molecule has 2 unspecified atom stereocenters. The fraction of sp³-hybridized carbons (Fsp3) is 1.00. The van der Waals surface area contributed by atoms with Crippen molar-refractivity contribution >= 4 is 0 Å². The largest absolute Gasteiger partial charge is 0.313 e. The number of nitrogens with one attached hydrogen (secondary N) is 2. The minimum Gasteiger partial charge on any atom is -0.313 e. The number of hydrogen-bond donors (Lipinski definition) is 2. The summed E-state index contributed by atoms with van der Waals surface area (Å²) in [5, 5.41) is 7.53. The third-order valence-electron chi connectivity index (χ3n) is 4.62. The van der Waals surface area contributed by atoms with Gasteiger partial charge >= 0.3 is 0 Å². The SMILES string of the molecule is CC1CCNC(CNC(C2CC2)C2CC2)C1. The molecule has 2 aliphatic carbocycles. The van der Waals surface area contributed by atoms with Gasteiger partial charge in [-0.1, -0.05) is 6.92 Å². The van der Waals surface area contributed by atoms with E-state index < -0.39 is 0 Å². The molecule has 0 aromatic rings. The molecule has 3 aliphatic rings. The lowest BCUT2D eigenvalue weighted by molar-refractivity contribution is 0.291. The van der Waals surface area contributed by atoms with Crippen molar-refractivity contribution in [3.05, 3.63) is 0 Å². The molecule has 16 heavy (non-hydrogen) atoms. The highest BCUT2D eigenvalue weighted by Gasteiger charge is 2.41. The van der Waals surface area contributed by atoms with Crippen molar-refractivity contribution in [2.45, 2.75) is 57.5 Å². The summed E-state index contributed by atoms with van der Waals surface area (Å²) in [7, 11) is 0. The quantitative estimate of drug-likeness (QED) is 0.745. The Morgan fingerprint density at radius 1 is 1.12 bits per heavy atom. The van der Waals surface area contributed by atoms with Crippen molar-refractivity contribution < 1.29 is 0 Å². The first-order valence-corrected chi connectivity index (χ1v) is 7.29. The maximum atomic E-state index is 3.87. The molecule has 2 N–H and O–H groups in total. The Morgan fingerprint density at radius 3 is 2.38 bits per heavy atom. The van der Waals surface area contributed by atoms with Crippen LogP contribution in [-0.4, -0.2) is 25.2 Å². The van der Waals surface area contributed by atoms with Crippen molar-refractivity contribution in [3.8, 4) is 0 Å². The van der Waals surface area contributed by atoms with Gasteiger partial charge in [-0.05, 0) is 62.8 Å². The number of rotatable bonds is 5. The van der Waals surface area contributed by atoms with Gasteiger partial charge in [0.2, 0.25) is 0 Å². The van der Waals surface area contributed by atoms with E-state index >= 15 is 0 Å². The van der Waals surface area contributed by atoms with Gasteiger partial charge in [0, 0.05) is 18.6 Å². The summed E-state index contributed by atoms with van der Waals surface area (Å²) in [5.74, 6) is 3.00. The zero-order valence-corrected chi connectivity index (χ0v) is 10.5. The van der Waals surface area contributed by atoms with Crippen LogP contribution in [0.15, 0.2) is 0 Å². The second kappa shape index (κ2) is 4.66. The molecular formula is C14H26N2. The van der Waals surface area contributed by atoms with Gasteiger partial charge in [0.1, 0.15) is 0 Å². The predicted molar refractivity (Wildman–Crippen MR) is 67.4 cm³/mol. The molecule has 3 rings (SSSR count). The van der Waals surface area contributed by atoms with Gasteiger partial charge in [0.05, 0.1) is 0 Å². The van der Waals surface area contributed by atoms with Crippen molar-refractivity contribution in [1.82, 2.24) is 10.6 Å². The summed E-state index contributed by atoms with van der Waals surface area (Å²) in [5.41, 5.74) is 0. The lowest BCUT2D eigenvalue weighted by atomic mass is 9.94. The molecule has 2 heteroatoms. The Hall–Kier alpha value is -0.0800. The van der Waals surface area contributed by atoms with E-state index in [4.69, 9.17) is 0 Å². The van der Waals surface area contributed by atoms with Gasteiger partial charge < -0.3 is 10.6 Å².